The molecule has 0 aliphatic rings. The van der Waals surface area contributed by atoms with E-state index in [0.29, 0.717) is 0 Å². The zero-order chi connectivity index (χ0) is 8.81. The molecule has 0 radical (unpaired) electrons. The zero-order valence-corrected chi connectivity index (χ0v) is 7.54. The van der Waals surface area contributed by atoms with Crippen molar-refractivity contribution in [2.75, 3.05) is 11.9 Å². The van der Waals surface area contributed by atoms with Crippen molar-refractivity contribution >= 4 is 5.69 Å². The summed E-state index contributed by atoms with van der Waals surface area (Å²) in [5, 5.41) is 3.26. The Kier molecular flexibility index (Phi) is 3.33. The lowest BCUT2D eigenvalue weighted by Crippen LogP contribution is -1.98. The molecule has 1 aromatic heterocycles. The summed E-state index contributed by atoms with van der Waals surface area (Å²) in [6.07, 6.45) is 5.92. The maximum Gasteiger partial charge on any atom is 0.0393 e. The summed E-state index contributed by atoms with van der Waals surface area (Å²) in [6.45, 7) is 4.88. The van der Waals surface area contributed by atoms with Crippen LogP contribution in [0.5, 0.6) is 0 Å². The first-order valence-electron chi connectivity index (χ1n) is 4.10. The van der Waals surface area contributed by atoms with Crippen LogP contribution in [-0.2, 0) is 0 Å². The van der Waals surface area contributed by atoms with E-state index in [4.69, 9.17) is 0 Å². The molecule has 0 atom stereocenters. The zero-order valence-electron chi connectivity index (χ0n) is 7.54. The number of aromatic nitrogens is 1. The minimum absolute atomic E-state index is 0.875. The van der Waals surface area contributed by atoms with Gasteiger partial charge in [-0.25, -0.2) is 0 Å². The standard InChI is InChI=1S/C10H14N2/c1-3-4-6-12-10-5-7-11-9(2)8-10/h3-5,7-8H,6H2,1-2H3,(H,11,12)/b4-3+. The summed E-state index contributed by atoms with van der Waals surface area (Å²) in [5.41, 5.74) is 2.17. The highest BCUT2D eigenvalue weighted by atomic mass is 14.9. The Balaban J connectivity index is 2.52. The Bertz CT molecular complexity index is 266. The molecule has 0 aliphatic carbocycles. The van der Waals surface area contributed by atoms with Crippen molar-refractivity contribution in [2.24, 2.45) is 0 Å². The van der Waals surface area contributed by atoms with Crippen LogP contribution in [0.2, 0.25) is 0 Å². The quantitative estimate of drug-likeness (QED) is 0.690. The first-order chi connectivity index (χ1) is 5.83. The Morgan fingerprint density at radius 3 is 3.08 bits per heavy atom. The van der Waals surface area contributed by atoms with E-state index in [1.165, 1.54) is 0 Å². The third-order valence-corrected chi connectivity index (χ3v) is 1.56. The number of hydrogen-bond donors (Lipinski definition) is 1. The summed E-state index contributed by atoms with van der Waals surface area (Å²) in [5.74, 6) is 0. The van der Waals surface area contributed by atoms with Gasteiger partial charge in [0.05, 0.1) is 0 Å². The predicted molar refractivity (Wildman–Crippen MR) is 52.3 cm³/mol. The summed E-state index contributed by atoms with van der Waals surface area (Å²) < 4.78 is 0. The summed E-state index contributed by atoms with van der Waals surface area (Å²) in [7, 11) is 0. The van der Waals surface area contributed by atoms with Crippen molar-refractivity contribution in [3.63, 3.8) is 0 Å². The molecule has 2 heteroatoms. The van der Waals surface area contributed by atoms with Crippen LogP contribution < -0.4 is 5.32 Å². The van der Waals surface area contributed by atoms with E-state index in [0.717, 1.165) is 17.9 Å². The average Bonchev–Trinajstić information content (AvgIpc) is 2.05. The van der Waals surface area contributed by atoms with Gasteiger partial charge >= 0.3 is 0 Å². The van der Waals surface area contributed by atoms with Gasteiger partial charge in [-0.3, -0.25) is 4.98 Å². The minimum Gasteiger partial charge on any atom is -0.381 e. The van der Waals surface area contributed by atoms with Gasteiger partial charge in [0.2, 0.25) is 0 Å². The number of nitrogens with one attached hydrogen (secondary N) is 1. The normalized spacial score (nSPS) is 10.5. The average molecular weight is 162 g/mol. The predicted octanol–water partition coefficient (Wildman–Crippen LogP) is 2.38. The van der Waals surface area contributed by atoms with Gasteiger partial charge in [-0.15, -0.1) is 0 Å². The number of nitrogens with zero attached hydrogens (tertiary/aromatic N) is 1. The molecule has 0 spiro atoms. The third kappa shape index (κ3) is 2.74. The molecular weight excluding hydrogens is 148 g/mol. The highest BCUT2D eigenvalue weighted by molar-refractivity contribution is 5.43. The summed E-state index contributed by atoms with van der Waals surface area (Å²) in [6, 6.07) is 4.00. The molecule has 1 N–H and O–H groups in total. The van der Waals surface area contributed by atoms with Crippen LogP contribution in [0, 0.1) is 6.92 Å². The molecule has 0 amide bonds. The smallest absolute Gasteiger partial charge is 0.0393 e. The van der Waals surface area contributed by atoms with Crippen molar-refractivity contribution in [2.45, 2.75) is 13.8 Å². The fourth-order valence-corrected chi connectivity index (χ4v) is 0.950. The molecular formula is C10H14N2. The van der Waals surface area contributed by atoms with Crippen LogP contribution in [-0.4, -0.2) is 11.5 Å². The van der Waals surface area contributed by atoms with Crippen LogP contribution in [0.25, 0.3) is 0 Å². The largest absolute Gasteiger partial charge is 0.381 e. The van der Waals surface area contributed by atoms with E-state index in [1.54, 1.807) is 0 Å². The Morgan fingerprint density at radius 1 is 1.58 bits per heavy atom. The highest BCUT2D eigenvalue weighted by Gasteiger charge is 1.89. The summed E-state index contributed by atoms with van der Waals surface area (Å²) >= 11 is 0. The first-order valence-corrected chi connectivity index (χ1v) is 4.10. The SMILES string of the molecule is C/C=C/CNc1ccnc(C)c1. The van der Waals surface area contributed by atoms with Crippen LogP contribution >= 0.6 is 0 Å². The van der Waals surface area contributed by atoms with Gasteiger partial charge in [0.15, 0.2) is 0 Å². The molecule has 0 fully saturated rings. The molecule has 0 aliphatic heterocycles. The number of hydrogen-bond acceptors (Lipinski definition) is 2. The molecule has 2 nitrogen and oxygen atoms in total. The fraction of sp³-hybridized carbons (Fsp3) is 0.300. The van der Waals surface area contributed by atoms with E-state index in [-0.39, 0.29) is 0 Å². The van der Waals surface area contributed by atoms with Crippen molar-refractivity contribution in [3.05, 3.63) is 36.2 Å². The maximum atomic E-state index is 4.11. The van der Waals surface area contributed by atoms with Gasteiger partial charge in [0.25, 0.3) is 0 Å². The van der Waals surface area contributed by atoms with Gasteiger partial charge in [0.1, 0.15) is 0 Å². The van der Waals surface area contributed by atoms with Crippen molar-refractivity contribution in [1.29, 1.82) is 0 Å². The molecule has 0 unspecified atom stereocenters. The fourth-order valence-electron chi connectivity index (χ4n) is 0.950. The topological polar surface area (TPSA) is 24.9 Å². The Hall–Kier alpha value is -1.31. The van der Waals surface area contributed by atoms with Gasteiger partial charge < -0.3 is 5.32 Å². The van der Waals surface area contributed by atoms with Gasteiger partial charge in [0, 0.05) is 24.1 Å². The highest BCUT2D eigenvalue weighted by Crippen LogP contribution is 2.05. The van der Waals surface area contributed by atoms with Gasteiger partial charge in [-0.1, -0.05) is 12.2 Å². The van der Waals surface area contributed by atoms with E-state index < -0.39 is 0 Å². The molecule has 0 bridgehead atoms. The molecule has 0 saturated carbocycles. The lowest BCUT2D eigenvalue weighted by molar-refractivity contribution is 1.19. The van der Waals surface area contributed by atoms with E-state index in [9.17, 15) is 0 Å². The van der Waals surface area contributed by atoms with Crippen molar-refractivity contribution in [1.82, 2.24) is 4.98 Å². The van der Waals surface area contributed by atoms with Crippen molar-refractivity contribution in [3.8, 4) is 0 Å². The molecule has 12 heavy (non-hydrogen) atoms. The second kappa shape index (κ2) is 4.54. The summed E-state index contributed by atoms with van der Waals surface area (Å²) in [4.78, 5) is 4.11. The van der Waals surface area contributed by atoms with E-state index in [2.05, 4.69) is 16.4 Å². The van der Waals surface area contributed by atoms with Crippen LogP contribution in [0.3, 0.4) is 0 Å². The first kappa shape index (κ1) is 8.78. The molecule has 1 heterocycles. The Morgan fingerprint density at radius 2 is 2.42 bits per heavy atom. The molecule has 0 saturated heterocycles. The van der Waals surface area contributed by atoms with Crippen LogP contribution in [0.15, 0.2) is 30.5 Å². The van der Waals surface area contributed by atoms with Gasteiger partial charge in [-0.05, 0) is 26.0 Å². The molecule has 64 valence electrons. The number of anilines is 1. The molecule has 1 rings (SSSR count). The van der Waals surface area contributed by atoms with E-state index in [1.807, 2.05) is 38.3 Å². The van der Waals surface area contributed by atoms with Crippen molar-refractivity contribution < 1.29 is 0 Å². The van der Waals surface area contributed by atoms with Crippen LogP contribution in [0.4, 0.5) is 5.69 Å². The van der Waals surface area contributed by atoms with Crippen LogP contribution in [0.1, 0.15) is 12.6 Å². The monoisotopic (exact) mass is 162 g/mol. The van der Waals surface area contributed by atoms with E-state index >= 15 is 0 Å². The molecule has 1 aromatic rings. The Labute approximate surface area is 73.3 Å². The molecule has 0 aromatic carbocycles. The second-order valence-corrected chi connectivity index (χ2v) is 2.64. The number of rotatable bonds is 3. The van der Waals surface area contributed by atoms with Gasteiger partial charge in [-0.2, -0.15) is 0 Å². The lowest BCUT2D eigenvalue weighted by atomic mass is 10.3. The number of aryl methyl sites for hydroxylation is 1. The third-order valence-electron chi connectivity index (χ3n) is 1.56. The second-order valence-electron chi connectivity index (χ2n) is 2.64. The lowest BCUT2D eigenvalue weighted by Gasteiger charge is -2.02. The minimum atomic E-state index is 0.875. The number of allylic oxidation sites excluding steroid dienone is 1. The number of pyridine rings is 1. The maximum absolute atomic E-state index is 4.11.